The highest BCUT2D eigenvalue weighted by molar-refractivity contribution is 5.78. The van der Waals surface area contributed by atoms with Crippen LogP contribution < -0.4 is 5.32 Å². The summed E-state index contributed by atoms with van der Waals surface area (Å²) in [5, 5.41) is 10.7. The van der Waals surface area contributed by atoms with Crippen molar-refractivity contribution in [1.29, 1.82) is 0 Å². The van der Waals surface area contributed by atoms with Gasteiger partial charge in [-0.3, -0.25) is 9.69 Å². The molecule has 0 aromatic heterocycles. The first kappa shape index (κ1) is 13.2. The zero-order valence-electron chi connectivity index (χ0n) is 8.76. The quantitative estimate of drug-likeness (QED) is 0.726. The molecule has 1 fully saturated rings. The molecule has 1 atom stereocenters. The number of carbonyl (C=O) groups is 1. The first-order valence-corrected chi connectivity index (χ1v) is 5.07. The van der Waals surface area contributed by atoms with Crippen LogP contribution in [0.15, 0.2) is 0 Å². The third kappa shape index (κ3) is 4.80. The summed E-state index contributed by atoms with van der Waals surface area (Å²) in [5.74, 6) is -0.494. The van der Waals surface area contributed by atoms with Crippen LogP contribution in [-0.2, 0) is 4.79 Å². The van der Waals surface area contributed by atoms with Gasteiger partial charge in [0.05, 0.1) is 6.54 Å². The van der Waals surface area contributed by atoms with Crippen molar-refractivity contribution in [3.05, 3.63) is 0 Å². The zero-order chi connectivity index (χ0) is 12.2. The average molecular weight is 240 g/mol. The Hall–Kier alpha value is -0.820. The molecule has 1 unspecified atom stereocenters. The Bertz CT molecular complexity index is 245. The molecule has 1 rings (SSSR count). The predicted octanol–water partition coefficient (Wildman–Crippen LogP) is -0.0209. The van der Waals surface area contributed by atoms with E-state index in [-0.39, 0.29) is 19.1 Å². The summed E-state index contributed by atoms with van der Waals surface area (Å²) < 4.78 is 35.4. The van der Waals surface area contributed by atoms with Crippen molar-refractivity contribution in [1.82, 2.24) is 10.2 Å². The molecule has 0 bridgehead atoms. The third-order valence-electron chi connectivity index (χ3n) is 2.48. The van der Waals surface area contributed by atoms with E-state index < -0.39 is 18.6 Å². The highest BCUT2D eigenvalue weighted by Gasteiger charge is 2.29. The van der Waals surface area contributed by atoms with E-state index in [1.54, 1.807) is 4.90 Å². The maximum Gasteiger partial charge on any atom is 0.405 e. The SMILES string of the molecule is O=C(CN1CCC(CO)C1)NCC(F)(F)F. The number of hydrogen-bond donors (Lipinski definition) is 2. The van der Waals surface area contributed by atoms with E-state index in [0.717, 1.165) is 6.42 Å². The minimum atomic E-state index is -4.37. The van der Waals surface area contributed by atoms with Crippen LogP contribution in [0.5, 0.6) is 0 Å². The van der Waals surface area contributed by atoms with Crippen LogP contribution in [0, 0.1) is 5.92 Å². The molecule has 7 heteroatoms. The smallest absolute Gasteiger partial charge is 0.396 e. The standard InChI is InChI=1S/C9H15F3N2O2/c10-9(11,12)6-13-8(16)4-14-2-1-7(3-14)5-15/h7,15H,1-6H2,(H,13,16). The number of nitrogens with zero attached hydrogens (tertiary/aromatic N) is 1. The lowest BCUT2D eigenvalue weighted by Crippen LogP contribution is -2.40. The van der Waals surface area contributed by atoms with Gasteiger partial charge in [0.25, 0.3) is 0 Å². The van der Waals surface area contributed by atoms with Crippen LogP contribution in [-0.4, -0.2) is 54.9 Å². The summed E-state index contributed by atoms with van der Waals surface area (Å²) in [6.45, 7) is -0.0586. The average Bonchev–Trinajstić information content (AvgIpc) is 2.61. The van der Waals surface area contributed by atoms with Gasteiger partial charge in [-0.2, -0.15) is 13.2 Å². The van der Waals surface area contributed by atoms with Gasteiger partial charge < -0.3 is 10.4 Å². The van der Waals surface area contributed by atoms with Crippen molar-refractivity contribution >= 4 is 5.91 Å². The minimum Gasteiger partial charge on any atom is -0.396 e. The second kappa shape index (κ2) is 5.49. The molecule has 2 N–H and O–H groups in total. The molecular formula is C9H15F3N2O2. The maximum absolute atomic E-state index is 11.8. The van der Waals surface area contributed by atoms with Gasteiger partial charge in [0, 0.05) is 13.2 Å². The first-order valence-electron chi connectivity index (χ1n) is 5.07. The van der Waals surface area contributed by atoms with E-state index in [4.69, 9.17) is 5.11 Å². The van der Waals surface area contributed by atoms with Gasteiger partial charge in [-0.1, -0.05) is 0 Å². The third-order valence-corrected chi connectivity index (χ3v) is 2.48. The normalized spacial score (nSPS) is 22.4. The Labute approximate surface area is 91.4 Å². The van der Waals surface area contributed by atoms with Crippen molar-refractivity contribution < 1.29 is 23.1 Å². The van der Waals surface area contributed by atoms with E-state index in [1.807, 2.05) is 5.32 Å². The highest BCUT2D eigenvalue weighted by atomic mass is 19.4. The summed E-state index contributed by atoms with van der Waals surface area (Å²) in [6.07, 6.45) is -3.59. The van der Waals surface area contributed by atoms with E-state index in [9.17, 15) is 18.0 Å². The van der Waals surface area contributed by atoms with Crippen LogP contribution in [0.3, 0.4) is 0 Å². The minimum absolute atomic E-state index is 0.0351. The Kier molecular flexibility index (Phi) is 4.55. The summed E-state index contributed by atoms with van der Waals surface area (Å²) in [7, 11) is 0. The summed E-state index contributed by atoms with van der Waals surface area (Å²) in [4.78, 5) is 12.9. The lowest BCUT2D eigenvalue weighted by atomic mass is 10.1. The fourth-order valence-electron chi connectivity index (χ4n) is 1.66. The molecule has 1 amide bonds. The van der Waals surface area contributed by atoms with Gasteiger partial charge in [-0.25, -0.2) is 0 Å². The Balaban J connectivity index is 2.20. The number of rotatable bonds is 4. The van der Waals surface area contributed by atoms with Gasteiger partial charge in [0.2, 0.25) is 5.91 Å². The number of alkyl halides is 3. The zero-order valence-corrected chi connectivity index (χ0v) is 8.76. The Morgan fingerprint density at radius 2 is 2.19 bits per heavy atom. The number of likely N-dealkylation sites (tertiary alicyclic amines) is 1. The van der Waals surface area contributed by atoms with Crippen molar-refractivity contribution in [2.24, 2.45) is 5.92 Å². The predicted molar refractivity (Wildman–Crippen MR) is 50.7 cm³/mol. The molecule has 1 aliphatic rings. The Morgan fingerprint density at radius 3 is 2.69 bits per heavy atom. The fraction of sp³-hybridized carbons (Fsp3) is 0.889. The van der Waals surface area contributed by atoms with Crippen LogP contribution in [0.4, 0.5) is 13.2 Å². The van der Waals surface area contributed by atoms with Gasteiger partial charge in [0.15, 0.2) is 0 Å². The largest absolute Gasteiger partial charge is 0.405 e. The molecule has 0 aliphatic carbocycles. The van der Waals surface area contributed by atoms with E-state index in [0.29, 0.717) is 13.1 Å². The number of aliphatic hydroxyl groups is 1. The molecular weight excluding hydrogens is 225 g/mol. The van der Waals surface area contributed by atoms with Crippen LogP contribution in [0.1, 0.15) is 6.42 Å². The maximum atomic E-state index is 11.8. The van der Waals surface area contributed by atoms with Crippen molar-refractivity contribution in [2.45, 2.75) is 12.6 Å². The number of carbonyl (C=O) groups excluding carboxylic acids is 1. The van der Waals surface area contributed by atoms with Gasteiger partial charge in [-0.05, 0) is 18.9 Å². The molecule has 1 saturated heterocycles. The molecule has 0 aromatic rings. The molecule has 0 saturated carbocycles. The van der Waals surface area contributed by atoms with Crippen LogP contribution >= 0.6 is 0 Å². The van der Waals surface area contributed by atoms with Crippen LogP contribution in [0.25, 0.3) is 0 Å². The monoisotopic (exact) mass is 240 g/mol. The van der Waals surface area contributed by atoms with E-state index in [1.165, 1.54) is 0 Å². The summed E-state index contributed by atoms with van der Waals surface area (Å²) in [6, 6.07) is 0. The molecule has 0 radical (unpaired) electrons. The molecule has 0 aromatic carbocycles. The van der Waals surface area contributed by atoms with E-state index >= 15 is 0 Å². The number of halogens is 3. The number of amides is 1. The molecule has 16 heavy (non-hydrogen) atoms. The number of aliphatic hydroxyl groups excluding tert-OH is 1. The van der Waals surface area contributed by atoms with Gasteiger partial charge >= 0.3 is 6.18 Å². The fourth-order valence-corrected chi connectivity index (χ4v) is 1.66. The Morgan fingerprint density at radius 1 is 1.50 bits per heavy atom. The highest BCUT2D eigenvalue weighted by Crippen LogP contribution is 2.15. The molecule has 4 nitrogen and oxygen atoms in total. The second-order valence-corrected chi connectivity index (χ2v) is 3.96. The van der Waals surface area contributed by atoms with Gasteiger partial charge in [-0.15, -0.1) is 0 Å². The van der Waals surface area contributed by atoms with Crippen molar-refractivity contribution in [2.75, 3.05) is 32.8 Å². The number of hydrogen-bond acceptors (Lipinski definition) is 3. The molecule has 1 aliphatic heterocycles. The lowest BCUT2D eigenvalue weighted by Gasteiger charge is -2.15. The molecule has 1 heterocycles. The topological polar surface area (TPSA) is 52.6 Å². The van der Waals surface area contributed by atoms with Crippen molar-refractivity contribution in [3.63, 3.8) is 0 Å². The van der Waals surface area contributed by atoms with E-state index in [2.05, 4.69) is 0 Å². The first-order chi connectivity index (χ1) is 7.40. The van der Waals surface area contributed by atoms with Crippen LogP contribution in [0.2, 0.25) is 0 Å². The number of nitrogens with one attached hydrogen (secondary N) is 1. The van der Waals surface area contributed by atoms with Crippen molar-refractivity contribution in [3.8, 4) is 0 Å². The lowest BCUT2D eigenvalue weighted by molar-refractivity contribution is -0.138. The van der Waals surface area contributed by atoms with Gasteiger partial charge in [0.1, 0.15) is 6.54 Å². The molecule has 0 spiro atoms. The summed E-state index contributed by atoms with van der Waals surface area (Å²) in [5.41, 5.74) is 0. The molecule has 94 valence electrons. The summed E-state index contributed by atoms with van der Waals surface area (Å²) >= 11 is 0. The second-order valence-electron chi connectivity index (χ2n) is 3.96.